The molecule has 3 aromatic rings. The molecule has 1 saturated carbocycles. The summed E-state index contributed by atoms with van der Waals surface area (Å²) in [6, 6.07) is 15.5. The van der Waals surface area contributed by atoms with Gasteiger partial charge in [-0.3, -0.25) is 19.2 Å². The van der Waals surface area contributed by atoms with Crippen LogP contribution >= 0.6 is 0 Å². The summed E-state index contributed by atoms with van der Waals surface area (Å²) in [6.07, 6.45) is 12.6. The van der Waals surface area contributed by atoms with Crippen LogP contribution in [-0.4, -0.2) is 45.1 Å². The molecule has 0 amide bonds. The summed E-state index contributed by atoms with van der Waals surface area (Å²) in [5.41, 5.74) is 4.40. The minimum Gasteiger partial charge on any atom is -0.342 e. The van der Waals surface area contributed by atoms with Crippen LogP contribution in [0.1, 0.15) is 68.9 Å². The summed E-state index contributed by atoms with van der Waals surface area (Å²) < 4.78 is 1.68. The molecule has 2 aromatic heterocycles. The number of anilines is 1. The molecule has 1 aromatic carbocycles. The lowest BCUT2D eigenvalue weighted by molar-refractivity contribution is 0.156. The van der Waals surface area contributed by atoms with Crippen LogP contribution in [-0.2, 0) is 13.6 Å². The van der Waals surface area contributed by atoms with Crippen molar-refractivity contribution in [3.05, 3.63) is 76.3 Å². The van der Waals surface area contributed by atoms with E-state index in [1.165, 1.54) is 43.2 Å². The highest BCUT2D eigenvalue weighted by Gasteiger charge is 2.25. The van der Waals surface area contributed by atoms with Crippen LogP contribution in [0.3, 0.4) is 0 Å². The molecule has 1 unspecified atom stereocenters. The highest BCUT2D eigenvalue weighted by molar-refractivity contribution is 5.59. The van der Waals surface area contributed by atoms with Crippen LogP contribution in [0, 0.1) is 0 Å². The summed E-state index contributed by atoms with van der Waals surface area (Å²) in [6.45, 7) is 6.26. The zero-order valence-electron chi connectivity index (χ0n) is 21.8. The Bertz CT molecular complexity index is 1180. The number of pyridine rings is 1. The predicted molar refractivity (Wildman–Crippen MR) is 146 cm³/mol. The van der Waals surface area contributed by atoms with E-state index in [9.17, 15) is 4.79 Å². The lowest BCUT2D eigenvalue weighted by atomic mass is 9.90. The number of piperidine rings is 1. The molecule has 3 heterocycles. The second-order valence-electron chi connectivity index (χ2n) is 10.5. The Hall–Kier alpha value is -2.99. The maximum absolute atomic E-state index is 12.8. The number of nitrogens with zero attached hydrogens (tertiary/aromatic N) is 5. The van der Waals surface area contributed by atoms with E-state index in [1.807, 2.05) is 19.2 Å². The van der Waals surface area contributed by atoms with Crippen molar-refractivity contribution < 1.29 is 0 Å². The largest absolute Gasteiger partial charge is 0.342 e. The van der Waals surface area contributed by atoms with Crippen LogP contribution in [0.2, 0.25) is 0 Å². The molecule has 1 atom stereocenters. The smallest absolute Gasteiger partial charge is 0.255 e. The summed E-state index contributed by atoms with van der Waals surface area (Å²) in [5, 5.41) is 0. The van der Waals surface area contributed by atoms with Crippen LogP contribution in [0.4, 0.5) is 5.95 Å². The predicted octanol–water partition coefficient (Wildman–Crippen LogP) is 5.38. The van der Waals surface area contributed by atoms with Crippen molar-refractivity contribution in [1.29, 1.82) is 0 Å². The van der Waals surface area contributed by atoms with E-state index in [-0.39, 0.29) is 5.56 Å². The fourth-order valence-corrected chi connectivity index (χ4v) is 5.99. The van der Waals surface area contributed by atoms with Crippen LogP contribution in [0.15, 0.2) is 59.7 Å². The highest BCUT2D eigenvalue weighted by atomic mass is 16.1. The third kappa shape index (κ3) is 5.54. The van der Waals surface area contributed by atoms with E-state index in [2.05, 4.69) is 46.0 Å². The first kappa shape index (κ1) is 24.7. The second-order valence-corrected chi connectivity index (χ2v) is 10.5. The zero-order chi connectivity index (χ0) is 24.9. The van der Waals surface area contributed by atoms with Gasteiger partial charge in [-0.2, -0.15) is 0 Å². The quantitative estimate of drug-likeness (QED) is 0.450. The molecular formula is C30H39N5O. The number of benzene rings is 1. The van der Waals surface area contributed by atoms with Gasteiger partial charge in [-0.25, -0.2) is 4.98 Å². The Kier molecular flexibility index (Phi) is 7.81. The third-order valence-corrected chi connectivity index (χ3v) is 8.13. The van der Waals surface area contributed by atoms with Gasteiger partial charge in [-0.1, -0.05) is 50.5 Å². The van der Waals surface area contributed by atoms with Gasteiger partial charge < -0.3 is 4.90 Å². The third-order valence-electron chi connectivity index (χ3n) is 8.13. The van der Waals surface area contributed by atoms with Crippen molar-refractivity contribution in [2.24, 2.45) is 7.05 Å². The second kappa shape index (κ2) is 11.4. The number of hydrogen-bond donors (Lipinski definition) is 0. The Morgan fingerprint density at radius 2 is 1.72 bits per heavy atom. The minimum atomic E-state index is -0.0308. The Balaban J connectivity index is 1.30. The van der Waals surface area contributed by atoms with Crippen molar-refractivity contribution >= 4 is 5.95 Å². The van der Waals surface area contributed by atoms with Crippen molar-refractivity contribution in [3.8, 4) is 11.3 Å². The summed E-state index contributed by atoms with van der Waals surface area (Å²) in [4.78, 5) is 26.7. The molecule has 0 bridgehead atoms. The fraction of sp³-hybridized carbons (Fsp3) is 0.500. The molecule has 36 heavy (non-hydrogen) atoms. The highest BCUT2D eigenvalue weighted by Crippen LogP contribution is 2.30. The molecule has 1 aliphatic carbocycles. The molecule has 5 rings (SSSR count). The SMILES string of the molecule is CCN(Cc1ccc(C2CCCN(c3nc(-c4ccncc4)cc(=O)n3C)C2)cc1)C1CCCCC1. The van der Waals surface area contributed by atoms with Crippen molar-refractivity contribution in [3.63, 3.8) is 0 Å². The van der Waals surface area contributed by atoms with E-state index >= 15 is 0 Å². The topological polar surface area (TPSA) is 54.3 Å². The zero-order valence-corrected chi connectivity index (χ0v) is 21.8. The Labute approximate surface area is 215 Å². The Morgan fingerprint density at radius 1 is 0.972 bits per heavy atom. The molecule has 0 spiro atoms. The summed E-state index contributed by atoms with van der Waals surface area (Å²) in [5.74, 6) is 1.19. The molecule has 2 fully saturated rings. The number of rotatable bonds is 7. The fourth-order valence-electron chi connectivity index (χ4n) is 5.99. The van der Waals surface area contributed by atoms with Crippen LogP contribution < -0.4 is 10.5 Å². The van der Waals surface area contributed by atoms with Gasteiger partial charge in [0.15, 0.2) is 0 Å². The van der Waals surface area contributed by atoms with E-state index in [4.69, 9.17) is 4.98 Å². The first-order chi connectivity index (χ1) is 17.6. The minimum absolute atomic E-state index is 0.0308. The molecule has 2 aliphatic rings. The Morgan fingerprint density at radius 3 is 2.44 bits per heavy atom. The maximum Gasteiger partial charge on any atom is 0.255 e. The van der Waals surface area contributed by atoms with E-state index in [0.717, 1.165) is 56.6 Å². The van der Waals surface area contributed by atoms with Crippen molar-refractivity contribution in [2.45, 2.75) is 70.4 Å². The molecule has 190 valence electrons. The first-order valence-corrected chi connectivity index (χ1v) is 13.7. The molecule has 0 N–H and O–H groups in total. The molecule has 6 nitrogen and oxygen atoms in total. The van der Waals surface area contributed by atoms with Crippen molar-refractivity contribution in [1.82, 2.24) is 19.4 Å². The molecule has 1 aliphatic heterocycles. The van der Waals surface area contributed by atoms with Gasteiger partial charge in [-0.15, -0.1) is 0 Å². The van der Waals surface area contributed by atoms with Gasteiger partial charge in [-0.05, 0) is 55.5 Å². The van der Waals surface area contributed by atoms with E-state index in [0.29, 0.717) is 11.6 Å². The van der Waals surface area contributed by atoms with Crippen LogP contribution in [0.5, 0.6) is 0 Å². The molecule has 1 saturated heterocycles. The van der Waals surface area contributed by atoms with Gasteiger partial charge in [0.2, 0.25) is 5.95 Å². The average molecular weight is 486 g/mol. The van der Waals surface area contributed by atoms with Gasteiger partial charge in [0.1, 0.15) is 0 Å². The normalized spacial score (nSPS) is 19.1. The van der Waals surface area contributed by atoms with Crippen LogP contribution in [0.25, 0.3) is 11.3 Å². The lowest BCUT2D eigenvalue weighted by Crippen LogP contribution is -2.38. The van der Waals surface area contributed by atoms with Gasteiger partial charge in [0.05, 0.1) is 5.69 Å². The average Bonchev–Trinajstić information content (AvgIpc) is 2.94. The molecule has 0 radical (unpaired) electrons. The van der Waals surface area contributed by atoms with E-state index < -0.39 is 0 Å². The monoisotopic (exact) mass is 485 g/mol. The van der Waals surface area contributed by atoms with Gasteiger partial charge in [0.25, 0.3) is 5.56 Å². The standard InChI is InChI=1S/C30H39N5O/c1-3-34(27-9-5-4-6-10-27)21-23-11-13-24(14-12-23)26-8-7-19-35(22-26)30-32-28(20-29(36)33(30)2)25-15-17-31-18-16-25/h11-18,20,26-27H,3-10,19,21-22H2,1-2H3. The molecule has 6 heteroatoms. The lowest BCUT2D eigenvalue weighted by Gasteiger charge is -2.35. The maximum atomic E-state index is 12.8. The number of hydrogen-bond acceptors (Lipinski definition) is 5. The number of aromatic nitrogens is 3. The summed E-state index contributed by atoms with van der Waals surface area (Å²) >= 11 is 0. The first-order valence-electron chi connectivity index (χ1n) is 13.7. The van der Waals surface area contributed by atoms with Gasteiger partial charge >= 0.3 is 0 Å². The molecular weight excluding hydrogens is 446 g/mol. The van der Waals surface area contributed by atoms with Crippen molar-refractivity contribution in [2.75, 3.05) is 24.5 Å². The van der Waals surface area contributed by atoms with Gasteiger partial charge in [0, 0.05) is 62.7 Å². The summed E-state index contributed by atoms with van der Waals surface area (Å²) in [7, 11) is 1.82. The van der Waals surface area contributed by atoms with E-state index in [1.54, 1.807) is 23.0 Å².